The fourth-order valence-electron chi connectivity index (χ4n) is 2.07. The highest BCUT2D eigenvalue weighted by atomic mass is 16.4. The van der Waals surface area contributed by atoms with Crippen LogP contribution in [-0.4, -0.2) is 34.2 Å². The number of nitrogens with one attached hydrogen (secondary N) is 1. The van der Waals surface area contributed by atoms with Gasteiger partial charge >= 0.3 is 5.97 Å². The predicted molar refractivity (Wildman–Crippen MR) is 62.4 cm³/mol. The Balaban J connectivity index is 2.45. The highest BCUT2D eigenvalue weighted by Crippen LogP contribution is 2.19. The molecule has 1 saturated carbocycles. The lowest BCUT2D eigenvalue weighted by Gasteiger charge is -2.28. The van der Waals surface area contributed by atoms with Gasteiger partial charge in [-0.05, 0) is 25.7 Å². The topological polar surface area (TPSA) is 86.6 Å². The molecule has 5 nitrogen and oxygen atoms in total. The molecule has 1 rings (SSSR count). The molecular formula is C12H21NO4. The zero-order chi connectivity index (χ0) is 13.0. The Kier molecular flexibility index (Phi) is 4.93. The lowest BCUT2D eigenvalue weighted by Crippen LogP contribution is -2.44. The molecule has 0 aliphatic heterocycles. The van der Waals surface area contributed by atoms with Crippen LogP contribution in [0.5, 0.6) is 0 Å². The molecule has 0 aromatic heterocycles. The van der Waals surface area contributed by atoms with Crippen molar-refractivity contribution in [1.29, 1.82) is 0 Å². The van der Waals surface area contributed by atoms with Gasteiger partial charge in [-0.2, -0.15) is 0 Å². The molecule has 5 heteroatoms. The highest BCUT2D eigenvalue weighted by molar-refractivity contribution is 5.84. The van der Waals surface area contributed by atoms with Crippen molar-refractivity contribution in [3.63, 3.8) is 0 Å². The smallest absolute Gasteiger partial charge is 0.307 e. The van der Waals surface area contributed by atoms with Gasteiger partial charge in [0.05, 0.1) is 12.0 Å². The van der Waals surface area contributed by atoms with E-state index in [0.29, 0.717) is 6.42 Å². The largest absolute Gasteiger partial charge is 0.481 e. The number of amides is 1. The van der Waals surface area contributed by atoms with Gasteiger partial charge in [-0.3, -0.25) is 9.59 Å². The minimum absolute atomic E-state index is 0.0188. The van der Waals surface area contributed by atoms with E-state index in [1.54, 1.807) is 6.92 Å². The Hall–Kier alpha value is -1.10. The number of hydrogen-bond donors (Lipinski definition) is 3. The highest BCUT2D eigenvalue weighted by Gasteiger charge is 2.28. The van der Waals surface area contributed by atoms with E-state index in [1.165, 1.54) is 6.92 Å². The molecule has 0 spiro atoms. The Labute approximate surface area is 101 Å². The molecule has 98 valence electrons. The fraction of sp³-hybridized carbons (Fsp3) is 0.833. The second kappa shape index (κ2) is 6.00. The minimum atomic E-state index is -0.962. The Morgan fingerprint density at radius 2 is 1.88 bits per heavy atom. The third kappa shape index (κ3) is 4.00. The quantitative estimate of drug-likeness (QED) is 0.680. The molecule has 4 unspecified atom stereocenters. The molecule has 1 aliphatic carbocycles. The van der Waals surface area contributed by atoms with Gasteiger partial charge in [-0.25, -0.2) is 0 Å². The summed E-state index contributed by atoms with van der Waals surface area (Å²) in [5.74, 6) is -2.44. The molecule has 3 N–H and O–H groups in total. The molecule has 0 aromatic rings. The van der Waals surface area contributed by atoms with E-state index >= 15 is 0 Å². The van der Waals surface area contributed by atoms with Crippen LogP contribution in [-0.2, 0) is 9.59 Å². The average Bonchev–Trinajstić information content (AvgIpc) is 2.26. The van der Waals surface area contributed by atoms with Crippen LogP contribution in [0.4, 0.5) is 0 Å². The van der Waals surface area contributed by atoms with Crippen LogP contribution in [0, 0.1) is 11.8 Å². The lowest BCUT2D eigenvalue weighted by atomic mass is 9.91. The van der Waals surface area contributed by atoms with Gasteiger partial charge in [0, 0.05) is 12.0 Å². The van der Waals surface area contributed by atoms with Gasteiger partial charge in [0.25, 0.3) is 0 Å². The van der Waals surface area contributed by atoms with Gasteiger partial charge in [-0.15, -0.1) is 0 Å². The van der Waals surface area contributed by atoms with Gasteiger partial charge in [0.2, 0.25) is 5.91 Å². The number of aliphatic hydroxyl groups excluding tert-OH is 1. The Morgan fingerprint density at radius 3 is 2.41 bits per heavy atom. The van der Waals surface area contributed by atoms with Gasteiger partial charge in [0.15, 0.2) is 0 Å². The van der Waals surface area contributed by atoms with Crippen LogP contribution >= 0.6 is 0 Å². The zero-order valence-corrected chi connectivity index (χ0v) is 10.3. The maximum absolute atomic E-state index is 11.8. The first-order valence-corrected chi connectivity index (χ1v) is 6.13. The molecule has 0 heterocycles. The van der Waals surface area contributed by atoms with Crippen molar-refractivity contribution in [3.8, 4) is 0 Å². The number of aliphatic hydroxyl groups is 1. The summed E-state index contributed by atoms with van der Waals surface area (Å²) in [6.07, 6.45) is 2.76. The molecule has 0 bridgehead atoms. The number of aliphatic carboxylic acids is 1. The van der Waals surface area contributed by atoms with Crippen molar-refractivity contribution in [2.24, 2.45) is 11.8 Å². The second-order valence-corrected chi connectivity index (χ2v) is 4.94. The first-order chi connectivity index (χ1) is 7.91. The molecule has 1 fully saturated rings. The maximum atomic E-state index is 11.8. The summed E-state index contributed by atoms with van der Waals surface area (Å²) in [5.41, 5.74) is 0. The lowest BCUT2D eigenvalue weighted by molar-refractivity contribution is -0.146. The number of carbonyl (C=O) groups excluding carboxylic acids is 1. The summed E-state index contributed by atoms with van der Waals surface area (Å²) < 4.78 is 0. The van der Waals surface area contributed by atoms with Crippen LogP contribution in [0.3, 0.4) is 0 Å². The normalized spacial score (nSPS) is 28.2. The Morgan fingerprint density at radius 1 is 1.24 bits per heavy atom. The first-order valence-electron chi connectivity index (χ1n) is 6.13. The average molecular weight is 243 g/mol. The standard InChI is InChI=1S/C12H21NO4/c1-7(8(2)12(16)17)11(15)13-9-4-3-5-10(14)6-9/h7-10,14H,3-6H2,1-2H3,(H,13,15)(H,16,17). The van der Waals surface area contributed by atoms with Crippen molar-refractivity contribution in [1.82, 2.24) is 5.32 Å². The monoisotopic (exact) mass is 243 g/mol. The summed E-state index contributed by atoms with van der Waals surface area (Å²) in [6.45, 7) is 3.15. The van der Waals surface area contributed by atoms with Crippen molar-refractivity contribution in [3.05, 3.63) is 0 Å². The maximum Gasteiger partial charge on any atom is 0.307 e. The van der Waals surface area contributed by atoms with Crippen LogP contribution < -0.4 is 5.32 Å². The summed E-state index contributed by atoms with van der Waals surface area (Å²) in [5, 5.41) is 21.1. The second-order valence-electron chi connectivity index (χ2n) is 4.94. The van der Waals surface area contributed by atoms with E-state index in [1.807, 2.05) is 0 Å². The van der Waals surface area contributed by atoms with Gasteiger partial charge < -0.3 is 15.5 Å². The van der Waals surface area contributed by atoms with Crippen LogP contribution in [0.25, 0.3) is 0 Å². The minimum Gasteiger partial charge on any atom is -0.481 e. The van der Waals surface area contributed by atoms with E-state index in [9.17, 15) is 14.7 Å². The van der Waals surface area contributed by atoms with Crippen molar-refractivity contribution in [2.45, 2.75) is 51.7 Å². The fourth-order valence-corrected chi connectivity index (χ4v) is 2.07. The van der Waals surface area contributed by atoms with E-state index in [2.05, 4.69) is 5.32 Å². The van der Waals surface area contributed by atoms with Gasteiger partial charge in [-0.1, -0.05) is 13.8 Å². The number of carboxylic acid groups (broad SMARTS) is 1. The molecule has 1 aliphatic rings. The molecule has 17 heavy (non-hydrogen) atoms. The SMILES string of the molecule is CC(C(=O)O)C(C)C(=O)NC1CCCC(O)C1. The van der Waals surface area contributed by atoms with Crippen molar-refractivity contribution in [2.75, 3.05) is 0 Å². The molecule has 0 aromatic carbocycles. The number of rotatable bonds is 4. The summed E-state index contributed by atoms with van der Waals surface area (Å²) >= 11 is 0. The van der Waals surface area contributed by atoms with Gasteiger partial charge in [0.1, 0.15) is 0 Å². The Bertz CT molecular complexity index is 292. The third-order valence-corrected chi connectivity index (χ3v) is 3.55. The zero-order valence-electron chi connectivity index (χ0n) is 10.3. The molecule has 0 radical (unpaired) electrons. The summed E-state index contributed by atoms with van der Waals surface area (Å²) in [4.78, 5) is 22.6. The van der Waals surface area contributed by atoms with Crippen molar-refractivity contribution < 1.29 is 19.8 Å². The van der Waals surface area contributed by atoms with E-state index < -0.39 is 17.8 Å². The molecule has 4 atom stereocenters. The number of carbonyl (C=O) groups is 2. The third-order valence-electron chi connectivity index (χ3n) is 3.55. The van der Waals surface area contributed by atoms with Crippen LogP contribution in [0.1, 0.15) is 39.5 Å². The number of carboxylic acids is 1. The van der Waals surface area contributed by atoms with E-state index in [0.717, 1.165) is 19.3 Å². The predicted octanol–water partition coefficient (Wildman–Crippen LogP) is 0.763. The molecular weight excluding hydrogens is 222 g/mol. The van der Waals surface area contributed by atoms with Crippen molar-refractivity contribution >= 4 is 11.9 Å². The van der Waals surface area contributed by atoms with Crippen LogP contribution in [0.15, 0.2) is 0 Å². The van der Waals surface area contributed by atoms with Crippen LogP contribution in [0.2, 0.25) is 0 Å². The van der Waals surface area contributed by atoms with E-state index in [4.69, 9.17) is 5.11 Å². The molecule has 1 amide bonds. The van der Waals surface area contributed by atoms with E-state index in [-0.39, 0.29) is 18.1 Å². The summed E-state index contributed by atoms with van der Waals surface area (Å²) in [6, 6.07) is -0.0188. The first kappa shape index (κ1) is 14.0. The number of hydrogen-bond acceptors (Lipinski definition) is 3. The summed E-state index contributed by atoms with van der Waals surface area (Å²) in [7, 11) is 0. The molecule has 0 saturated heterocycles.